The lowest BCUT2D eigenvalue weighted by atomic mass is 10.0. The number of amides is 2. The smallest absolute Gasteiger partial charge is 0.339 e. The number of carboxylic acid groups (broad SMARTS) is 1. The number of aliphatic hydroxyl groups is 1. The molecule has 12 heteroatoms. The molecule has 6 N–H and O–H groups in total. The molecule has 0 aliphatic rings. The molecule has 0 aliphatic carbocycles. The Kier molecular flexibility index (Phi) is 12.0. The number of nitrogens with one attached hydrogen (secondary N) is 2. The van der Waals surface area contributed by atoms with Crippen LogP contribution in [0.4, 0.5) is 11.4 Å². The lowest BCUT2D eigenvalue weighted by molar-refractivity contribution is 0.0693. The van der Waals surface area contributed by atoms with Gasteiger partial charge in [-0.3, -0.25) is 14.4 Å². The number of anilines is 2. The van der Waals surface area contributed by atoms with Gasteiger partial charge in [0.25, 0.3) is 11.8 Å². The summed E-state index contributed by atoms with van der Waals surface area (Å²) < 4.78 is 12.1. The number of carbonyl (C=O) groups excluding carboxylic acids is 3. The number of aldehydes is 1. The standard InChI is InChI=1S/C36H28N2O9.CH4O/c39-19-24-15-25(11-13-31(24)40)37-34(42)29-17-27(46-20-22-7-3-1-4-8-22)18-30(33(29)47-21-23-9-5-2-6-10-23)35(43)38-26-12-14-32(41)28(16-26)36(44)45;1-2/h1-19,40-41H,20-21H2,(H,37,42)(H,38,43)(H,44,45);2H,1H3. The lowest BCUT2D eigenvalue weighted by Crippen LogP contribution is -2.19. The maximum Gasteiger partial charge on any atom is 0.339 e. The van der Waals surface area contributed by atoms with E-state index in [1.54, 1.807) is 24.3 Å². The monoisotopic (exact) mass is 664 g/mol. The summed E-state index contributed by atoms with van der Waals surface area (Å²) >= 11 is 0. The zero-order valence-electron chi connectivity index (χ0n) is 26.1. The van der Waals surface area contributed by atoms with E-state index < -0.39 is 29.1 Å². The molecule has 250 valence electrons. The van der Waals surface area contributed by atoms with Crippen LogP contribution < -0.4 is 20.1 Å². The van der Waals surface area contributed by atoms with Gasteiger partial charge >= 0.3 is 5.97 Å². The summed E-state index contributed by atoms with van der Waals surface area (Å²) in [5.41, 5.74) is 1.15. The van der Waals surface area contributed by atoms with E-state index in [4.69, 9.17) is 14.6 Å². The first kappa shape index (κ1) is 35.2. The molecule has 5 rings (SSSR count). The molecule has 2 amide bonds. The van der Waals surface area contributed by atoms with Crippen LogP contribution in [-0.2, 0) is 13.2 Å². The number of rotatable bonds is 12. The highest BCUT2D eigenvalue weighted by atomic mass is 16.5. The molecule has 0 aliphatic heterocycles. The number of carboxylic acids is 1. The van der Waals surface area contributed by atoms with Crippen molar-refractivity contribution in [2.24, 2.45) is 0 Å². The third-order valence-electron chi connectivity index (χ3n) is 6.92. The van der Waals surface area contributed by atoms with Crippen LogP contribution in [0.1, 0.15) is 52.6 Å². The predicted molar refractivity (Wildman–Crippen MR) is 181 cm³/mol. The molecular weight excluding hydrogens is 632 g/mol. The number of aromatic carboxylic acids is 1. The van der Waals surface area contributed by atoms with Gasteiger partial charge in [0.1, 0.15) is 41.8 Å². The Hall–Kier alpha value is -6.66. The molecule has 0 heterocycles. The largest absolute Gasteiger partial charge is 0.507 e. The van der Waals surface area contributed by atoms with E-state index in [0.717, 1.165) is 30.4 Å². The Balaban J connectivity index is 0.00000265. The van der Waals surface area contributed by atoms with Crippen molar-refractivity contribution in [2.75, 3.05) is 17.7 Å². The van der Waals surface area contributed by atoms with E-state index in [2.05, 4.69) is 10.6 Å². The van der Waals surface area contributed by atoms with E-state index in [9.17, 15) is 34.5 Å². The number of phenols is 2. The van der Waals surface area contributed by atoms with Gasteiger partial charge in [0.2, 0.25) is 0 Å². The number of aromatic hydroxyl groups is 2. The number of carbonyl (C=O) groups is 4. The summed E-state index contributed by atoms with van der Waals surface area (Å²) in [6.45, 7) is 0.0796. The van der Waals surface area contributed by atoms with Crippen molar-refractivity contribution >= 4 is 35.4 Å². The molecule has 5 aromatic rings. The molecule has 0 atom stereocenters. The number of hydrogen-bond acceptors (Lipinski definition) is 9. The van der Waals surface area contributed by atoms with Crippen molar-refractivity contribution in [3.8, 4) is 23.0 Å². The van der Waals surface area contributed by atoms with Gasteiger partial charge in [0.15, 0.2) is 6.29 Å². The Bertz CT molecular complexity index is 1950. The van der Waals surface area contributed by atoms with Crippen molar-refractivity contribution in [3.63, 3.8) is 0 Å². The fourth-order valence-corrected chi connectivity index (χ4v) is 4.56. The van der Waals surface area contributed by atoms with E-state index in [1.807, 2.05) is 36.4 Å². The molecule has 49 heavy (non-hydrogen) atoms. The van der Waals surface area contributed by atoms with Gasteiger partial charge in [0.05, 0.1) is 16.7 Å². The van der Waals surface area contributed by atoms with E-state index in [0.29, 0.717) is 6.29 Å². The highest BCUT2D eigenvalue weighted by molar-refractivity contribution is 6.13. The third kappa shape index (κ3) is 9.21. The molecule has 0 spiro atoms. The Morgan fingerprint density at radius 2 is 1.12 bits per heavy atom. The molecule has 5 aromatic carbocycles. The average molecular weight is 665 g/mol. The number of phenolic OH excluding ortho intramolecular Hbond substituents is 1. The van der Waals surface area contributed by atoms with Gasteiger partial charge in [-0.05, 0) is 59.7 Å². The summed E-state index contributed by atoms with van der Waals surface area (Å²) in [4.78, 5) is 50.6. The zero-order valence-corrected chi connectivity index (χ0v) is 26.1. The fourth-order valence-electron chi connectivity index (χ4n) is 4.56. The van der Waals surface area contributed by atoms with Gasteiger partial charge in [-0.1, -0.05) is 60.7 Å². The summed E-state index contributed by atoms with van der Waals surface area (Å²) in [6, 6.07) is 28.6. The van der Waals surface area contributed by atoms with Crippen LogP contribution in [0.2, 0.25) is 0 Å². The predicted octanol–water partition coefficient (Wildman–Crippen LogP) is 5.88. The van der Waals surface area contributed by atoms with Crippen LogP contribution >= 0.6 is 0 Å². The van der Waals surface area contributed by atoms with Crippen molar-refractivity contribution in [3.05, 3.63) is 143 Å². The molecule has 0 saturated heterocycles. The molecule has 0 fully saturated rings. The number of hydrogen-bond donors (Lipinski definition) is 6. The minimum Gasteiger partial charge on any atom is -0.507 e. The maximum absolute atomic E-state index is 13.8. The first-order valence-corrected chi connectivity index (χ1v) is 14.6. The normalized spacial score (nSPS) is 10.2. The average Bonchev–Trinajstić information content (AvgIpc) is 3.12. The summed E-state index contributed by atoms with van der Waals surface area (Å²) in [5, 5.41) is 41.6. The summed E-state index contributed by atoms with van der Waals surface area (Å²) in [5.74, 6) is -3.58. The SMILES string of the molecule is CO.O=Cc1cc(NC(=O)c2cc(OCc3ccccc3)cc(C(=O)Nc3ccc(O)c(C(=O)O)c3)c2OCc2ccccc2)ccc1O. The minimum absolute atomic E-state index is 0.0253. The van der Waals surface area contributed by atoms with E-state index in [1.165, 1.54) is 36.4 Å². The highest BCUT2D eigenvalue weighted by Crippen LogP contribution is 2.33. The molecular formula is C37H32N2O10. The van der Waals surface area contributed by atoms with Gasteiger partial charge in [-0.15, -0.1) is 0 Å². The third-order valence-corrected chi connectivity index (χ3v) is 6.92. The van der Waals surface area contributed by atoms with Crippen molar-refractivity contribution in [2.45, 2.75) is 13.2 Å². The second-order valence-electron chi connectivity index (χ2n) is 10.2. The highest BCUT2D eigenvalue weighted by Gasteiger charge is 2.25. The topological polar surface area (TPSA) is 192 Å². The van der Waals surface area contributed by atoms with Gasteiger partial charge in [0, 0.05) is 18.5 Å². The molecule has 0 aromatic heterocycles. The van der Waals surface area contributed by atoms with Crippen molar-refractivity contribution in [1.29, 1.82) is 0 Å². The Labute approximate surface area is 280 Å². The summed E-state index contributed by atoms with van der Waals surface area (Å²) in [7, 11) is 1.00. The second kappa shape index (κ2) is 16.8. The van der Waals surface area contributed by atoms with Crippen LogP contribution in [0, 0.1) is 0 Å². The molecule has 0 bridgehead atoms. The van der Waals surface area contributed by atoms with Crippen LogP contribution in [-0.4, -0.2) is 51.6 Å². The second-order valence-corrected chi connectivity index (χ2v) is 10.2. The van der Waals surface area contributed by atoms with Crippen LogP contribution in [0.25, 0.3) is 0 Å². The Morgan fingerprint density at radius 3 is 1.63 bits per heavy atom. The van der Waals surface area contributed by atoms with Gasteiger partial charge < -0.3 is 40.5 Å². The first-order valence-electron chi connectivity index (χ1n) is 14.6. The maximum atomic E-state index is 13.8. The first-order chi connectivity index (χ1) is 23.7. The molecule has 0 radical (unpaired) electrons. The van der Waals surface area contributed by atoms with E-state index in [-0.39, 0.29) is 58.5 Å². The van der Waals surface area contributed by atoms with Crippen LogP contribution in [0.5, 0.6) is 23.0 Å². The van der Waals surface area contributed by atoms with Gasteiger partial charge in [-0.2, -0.15) is 0 Å². The minimum atomic E-state index is -1.40. The summed E-state index contributed by atoms with van der Waals surface area (Å²) in [6.07, 6.45) is 0.443. The van der Waals surface area contributed by atoms with Crippen LogP contribution in [0.15, 0.2) is 109 Å². The fraction of sp³-hybridized carbons (Fsp3) is 0.0811. The van der Waals surface area contributed by atoms with Crippen molar-refractivity contribution in [1.82, 2.24) is 0 Å². The molecule has 0 saturated carbocycles. The molecule has 12 nitrogen and oxygen atoms in total. The quantitative estimate of drug-likeness (QED) is 0.0693. The van der Waals surface area contributed by atoms with Crippen LogP contribution in [0.3, 0.4) is 0 Å². The zero-order chi connectivity index (χ0) is 35.3. The molecule has 0 unspecified atom stereocenters. The van der Waals surface area contributed by atoms with Crippen molar-refractivity contribution < 1.29 is 49.1 Å². The Morgan fingerprint density at radius 1 is 0.633 bits per heavy atom. The van der Waals surface area contributed by atoms with Gasteiger partial charge in [-0.25, -0.2) is 4.79 Å². The number of ether oxygens (including phenoxy) is 2. The van der Waals surface area contributed by atoms with E-state index >= 15 is 0 Å². The lowest BCUT2D eigenvalue weighted by Gasteiger charge is -2.19. The number of benzene rings is 5. The number of aliphatic hydroxyl groups excluding tert-OH is 1.